The van der Waals surface area contributed by atoms with Gasteiger partial charge < -0.3 is 14.6 Å². The Morgan fingerprint density at radius 2 is 1.94 bits per heavy atom. The monoisotopic (exact) mass is 246 g/mol. The first-order chi connectivity index (χ1) is 7.93. The minimum atomic E-state index is -1.46. The maximum absolute atomic E-state index is 11.9. The number of ether oxygens (including phenoxy) is 2. The van der Waals surface area contributed by atoms with Gasteiger partial charge in [0, 0.05) is 13.7 Å². The number of hydrogen-bond donors (Lipinski definition) is 1. The number of rotatable bonds is 8. The van der Waals surface area contributed by atoms with Crippen LogP contribution in [0.1, 0.15) is 33.6 Å². The third-order valence-corrected chi connectivity index (χ3v) is 2.93. The van der Waals surface area contributed by atoms with Crippen LogP contribution in [0.15, 0.2) is 0 Å². The fraction of sp³-hybridized carbons (Fsp3) is 0.833. The summed E-state index contributed by atoms with van der Waals surface area (Å²) >= 11 is 0. The molecule has 0 radical (unpaired) electrons. The molecule has 1 unspecified atom stereocenters. The summed E-state index contributed by atoms with van der Waals surface area (Å²) in [6.45, 7) is 5.72. The molecule has 0 aliphatic rings. The quantitative estimate of drug-likeness (QED) is 0.401. The maximum Gasteiger partial charge on any atom is 0.323 e. The van der Waals surface area contributed by atoms with Crippen molar-refractivity contribution in [3.63, 3.8) is 0 Å². The van der Waals surface area contributed by atoms with E-state index in [-0.39, 0.29) is 18.9 Å². The number of aliphatic carboxylic acids is 1. The Morgan fingerprint density at radius 3 is 2.29 bits per heavy atom. The second-order valence-electron chi connectivity index (χ2n) is 4.25. The fourth-order valence-corrected chi connectivity index (χ4v) is 1.82. The van der Waals surface area contributed by atoms with Crippen molar-refractivity contribution in [3.8, 4) is 0 Å². The minimum absolute atomic E-state index is 0.185. The maximum atomic E-state index is 11.9. The molecule has 0 saturated carbocycles. The van der Waals surface area contributed by atoms with Gasteiger partial charge >= 0.3 is 11.9 Å². The van der Waals surface area contributed by atoms with Crippen LogP contribution in [0.4, 0.5) is 0 Å². The van der Waals surface area contributed by atoms with Gasteiger partial charge in [-0.25, -0.2) is 0 Å². The van der Waals surface area contributed by atoms with E-state index in [9.17, 15) is 14.7 Å². The van der Waals surface area contributed by atoms with Gasteiger partial charge in [0.05, 0.1) is 6.61 Å². The van der Waals surface area contributed by atoms with Gasteiger partial charge in [-0.05, 0) is 25.7 Å². The molecular formula is C12H22O5. The van der Waals surface area contributed by atoms with Crippen molar-refractivity contribution in [3.05, 3.63) is 0 Å². The molecule has 0 aliphatic heterocycles. The molecule has 0 aromatic rings. The lowest BCUT2D eigenvalue weighted by Crippen LogP contribution is -2.45. The van der Waals surface area contributed by atoms with Gasteiger partial charge in [0.1, 0.15) is 0 Å². The van der Waals surface area contributed by atoms with E-state index >= 15 is 0 Å². The van der Waals surface area contributed by atoms with Gasteiger partial charge in [0.25, 0.3) is 0 Å². The van der Waals surface area contributed by atoms with Crippen LogP contribution >= 0.6 is 0 Å². The first-order valence-corrected chi connectivity index (χ1v) is 5.83. The number of carbonyl (C=O) groups excluding carboxylic acids is 1. The molecule has 0 aliphatic carbocycles. The number of methoxy groups -OCH3 is 1. The van der Waals surface area contributed by atoms with Gasteiger partial charge in [-0.2, -0.15) is 0 Å². The van der Waals surface area contributed by atoms with Crippen molar-refractivity contribution in [1.82, 2.24) is 0 Å². The molecule has 0 aromatic heterocycles. The van der Waals surface area contributed by atoms with Crippen LogP contribution in [0, 0.1) is 11.3 Å². The van der Waals surface area contributed by atoms with Crippen molar-refractivity contribution in [1.29, 1.82) is 0 Å². The Bertz CT molecular complexity index is 262. The van der Waals surface area contributed by atoms with E-state index in [1.54, 1.807) is 27.9 Å². The average molecular weight is 246 g/mol. The highest BCUT2D eigenvalue weighted by Crippen LogP contribution is 2.35. The Hall–Kier alpha value is -1.10. The molecule has 0 saturated heterocycles. The van der Waals surface area contributed by atoms with Gasteiger partial charge in [-0.1, -0.05) is 13.8 Å². The van der Waals surface area contributed by atoms with Crippen molar-refractivity contribution in [2.45, 2.75) is 33.6 Å². The summed E-state index contributed by atoms with van der Waals surface area (Å²) in [7, 11) is 1.54. The lowest BCUT2D eigenvalue weighted by molar-refractivity contribution is -0.173. The fourth-order valence-electron chi connectivity index (χ4n) is 1.82. The molecule has 0 amide bonds. The molecule has 1 atom stereocenters. The summed E-state index contributed by atoms with van der Waals surface area (Å²) in [5.74, 6) is -2.10. The predicted molar refractivity (Wildman–Crippen MR) is 62.6 cm³/mol. The van der Waals surface area contributed by atoms with Crippen molar-refractivity contribution >= 4 is 11.9 Å². The van der Waals surface area contributed by atoms with Crippen LogP contribution in [0.25, 0.3) is 0 Å². The molecule has 0 bridgehead atoms. The molecule has 0 spiro atoms. The third kappa shape index (κ3) is 3.70. The molecular weight excluding hydrogens is 224 g/mol. The summed E-state index contributed by atoms with van der Waals surface area (Å²) in [5.41, 5.74) is -1.46. The lowest BCUT2D eigenvalue weighted by Gasteiger charge is -2.30. The minimum Gasteiger partial charge on any atom is -0.480 e. The highest BCUT2D eigenvalue weighted by Gasteiger charge is 2.49. The standard InChI is InChI=1S/C12H22O5/c1-5-17-11(15)12(9(2)3,10(13)14)7-6-8-16-4/h9H,5-8H2,1-4H3,(H,13,14). The summed E-state index contributed by atoms with van der Waals surface area (Å²) < 4.78 is 9.79. The lowest BCUT2D eigenvalue weighted by atomic mass is 9.73. The first-order valence-electron chi connectivity index (χ1n) is 5.83. The van der Waals surface area contributed by atoms with E-state index < -0.39 is 17.4 Å². The summed E-state index contributed by atoms with van der Waals surface area (Å²) in [6.07, 6.45) is 0.743. The summed E-state index contributed by atoms with van der Waals surface area (Å²) in [6, 6.07) is 0. The van der Waals surface area contributed by atoms with Crippen molar-refractivity contribution < 1.29 is 24.2 Å². The van der Waals surface area contributed by atoms with Gasteiger partial charge in [0.15, 0.2) is 5.41 Å². The smallest absolute Gasteiger partial charge is 0.323 e. The van der Waals surface area contributed by atoms with Crippen LogP contribution in [-0.2, 0) is 19.1 Å². The van der Waals surface area contributed by atoms with Crippen molar-refractivity contribution in [2.75, 3.05) is 20.3 Å². The van der Waals surface area contributed by atoms with Crippen LogP contribution in [-0.4, -0.2) is 37.4 Å². The van der Waals surface area contributed by atoms with E-state index in [1.807, 2.05) is 0 Å². The van der Waals surface area contributed by atoms with E-state index in [4.69, 9.17) is 9.47 Å². The first kappa shape index (κ1) is 15.9. The number of carbonyl (C=O) groups is 2. The normalized spacial score (nSPS) is 14.4. The SMILES string of the molecule is CCOC(=O)C(CCCOC)(C(=O)O)C(C)C. The van der Waals surface area contributed by atoms with Gasteiger partial charge in [-0.15, -0.1) is 0 Å². The van der Waals surface area contributed by atoms with Gasteiger partial charge in [0.2, 0.25) is 0 Å². The zero-order valence-electron chi connectivity index (χ0n) is 11.0. The van der Waals surface area contributed by atoms with E-state index in [2.05, 4.69) is 0 Å². The molecule has 0 aromatic carbocycles. The zero-order valence-corrected chi connectivity index (χ0v) is 11.0. The topological polar surface area (TPSA) is 72.8 Å². The highest BCUT2D eigenvalue weighted by molar-refractivity contribution is 5.99. The van der Waals surface area contributed by atoms with E-state index in [0.717, 1.165) is 0 Å². The number of hydrogen-bond acceptors (Lipinski definition) is 4. The number of esters is 1. The van der Waals surface area contributed by atoms with E-state index in [1.165, 1.54) is 0 Å². The Morgan fingerprint density at radius 1 is 1.35 bits per heavy atom. The van der Waals surface area contributed by atoms with Crippen LogP contribution in [0.5, 0.6) is 0 Å². The molecule has 0 rings (SSSR count). The molecule has 5 nitrogen and oxygen atoms in total. The van der Waals surface area contributed by atoms with Gasteiger partial charge in [-0.3, -0.25) is 9.59 Å². The molecule has 17 heavy (non-hydrogen) atoms. The predicted octanol–water partition coefficient (Wildman–Crippen LogP) is 1.70. The molecule has 5 heteroatoms. The van der Waals surface area contributed by atoms with E-state index in [0.29, 0.717) is 13.0 Å². The molecule has 0 fully saturated rings. The largest absolute Gasteiger partial charge is 0.480 e. The average Bonchev–Trinajstić information content (AvgIpc) is 2.23. The van der Waals surface area contributed by atoms with Crippen LogP contribution < -0.4 is 0 Å². The Kier molecular flexibility index (Phi) is 6.80. The highest BCUT2D eigenvalue weighted by atomic mass is 16.5. The number of carboxylic acids is 1. The molecule has 0 heterocycles. The molecule has 1 N–H and O–H groups in total. The summed E-state index contributed by atoms with van der Waals surface area (Å²) in [4.78, 5) is 23.3. The van der Waals surface area contributed by atoms with Crippen LogP contribution in [0.2, 0.25) is 0 Å². The number of carboxylic acid groups (broad SMARTS) is 1. The molecule has 100 valence electrons. The third-order valence-electron chi connectivity index (χ3n) is 2.93. The second-order valence-corrected chi connectivity index (χ2v) is 4.25. The van der Waals surface area contributed by atoms with Crippen LogP contribution in [0.3, 0.4) is 0 Å². The zero-order chi connectivity index (χ0) is 13.5. The second kappa shape index (κ2) is 7.27. The summed E-state index contributed by atoms with van der Waals surface area (Å²) in [5, 5.41) is 9.35. The van der Waals surface area contributed by atoms with Crippen molar-refractivity contribution in [2.24, 2.45) is 11.3 Å². The Balaban J connectivity index is 5.00. The Labute approximate surface area is 102 Å².